The van der Waals surface area contributed by atoms with Crippen LogP contribution in [0.3, 0.4) is 0 Å². The number of piperazine rings is 1. The first kappa shape index (κ1) is 15.5. The molecule has 0 aromatic carbocycles. The first-order valence-electron chi connectivity index (χ1n) is 7.19. The minimum Gasteiger partial charge on any atom is -0.342 e. The lowest BCUT2D eigenvalue weighted by atomic mass is 9.83. The molecule has 7 nitrogen and oxygen atoms in total. The third-order valence-electron chi connectivity index (χ3n) is 3.80. The molecule has 1 aliphatic heterocycles. The topological polar surface area (TPSA) is 80.1 Å². The van der Waals surface area contributed by atoms with Gasteiger partial charge in [0.1, 0.15) is 24.2 Å². The van der Waals surface area contributed by atoms with Gasteiger partial charge in [0.2, 0.25) is 11.8 Å². The summed E-state index contributed by atoms with van der Waals surface area (Å²) in [5, 5.41) is 6.84. The summed E-state index contributed by atoms with van der Waals surface area (Å²) in [5.41, 5.74) is -0.350. The molecule has 1 aromatic rings. The predicted molar refractivity (Wildman–Crippen MR) is 77.0 cm³/mol. The highest BCUT2D eigenvalue weighted by molar-refractivity contribution is 5.97. The van der Waals surface area contributed by atoms with Gasteiger partial charge in [0.05, 0.1) is 6.54 Å². The van der Waals surface area contributed by atoms with Gasteiger partial charge in [0, 0.05) is 7.05 Å². The van der Waals surface area contributed by atoms with Crippen LogP contribution >= 0.6 is 0 Å². The quantitative estimate of drug-likeness (QED) is 0.878. The molecule has 0 radical (unpaired) electrons. The molecule has 1 aromatic heterocycles. The van der Waals surface area contributed by atoms with Crippen molar-refractivity contribution in [1.82, 2.24) is 25.0 Å². The van der Waals surface area contributed by atoms with Crippen molar-refractivity contribution in [1.29, 1.82) is 0 Å². The summed E-state index contributed by atoms with van der Waals surface area (Å²) in [6.45, 7) is 8.06. The average Bonchev–Trinajstić information content (AvgIpc) is 2.77. The second kappa shape index (κ2) is 5.46. The van der Waals surface area contributed by atoms with Crippen LogP contribution in [0, 0.1) is 5.41 Å². The number of amides is 2. The normalized spacial score (nSPS) is 23.4. The van der Waals surface area contributed by atoms with E-state index >= 15 is 0 Å². The van der Waals surface area contributed by atoms with E-state index in [4.69, 9.17) is 0 Å². The van der Waals surface area contributed by atoms with Gasteiger partial charge in [0.25, 0.3) is 0 Å². The molecule has 7 heteroatoms. The lowest BCUT2D eigenvalue weighted by molar-refractivity contribution is -0.154. The molecule has 1 aliphatic rings. The minimum atomic E-state index is -0.510. The molecular weight excluding hydrogens is 270 g/mol. The van der Waals surface area contributed by atoms with Crippen molar-refractivity contribution in [2.24, 2.45) is 12.5 Å². The first-order valence-corrected chi connectivity index (χ1v) is 7.19. The van der Waals surface area contributed by atoms with Gasteiger partial charge in [-0.15, -0.1) is 0 Å². The van der Waals surface area contributed by atoms with Crippen molar-refractivity contribution >= 4 is 11.8 Å². The van der Waals surface area contributed by atoms with E-state index in [9.17, 15) is 9.59 Å². The van der Waals surface area contributed by atoms with E-state index < -0.39 is 12.1 Å². The summed E-state index contributed by atoms with van der Waals surface area (Å²) < 4.78 is 1.63. The van der Waals surface area contributed by atoms with Crippen LogP contribution in [0.15, 0.2) is 6.33 Å². The fourth-order valence-electron chi connectivity index (χ4n) is 2.70. The molecule has 0 saturated carbocycles. The molecule has 21 heavy (non-hydrogen) atoms. The van der Waals surface area contributed by atoms with Crippen LogP contribution in [0.2, 0.25) is 0 Å². The SMILES string of the molecule is CCC1NC(=O)C(C(C)(C)C)N(Cc2ncnn2C)C1=O. The van der Waals surface area contributed by atoms with Crippen molar-refractivity contribution in [3.63, 3.8) is 0 Å². The number of carbonyl (C=O) groups excluding carboxylic acids is 2. The number of aryl methyl sites for hydroxylation is 1. The van der Waals surface area contributed by atoms with Gasteiger partial charge >= 0.3 is 0 Å². The highest BCUT2D eigenvalue weighted by atomic mass is 16.2. The van der Waals surface area contributed by atoms with E-state index in [1.807, 2.05) is 27.7 Å². The van der Waals surface area contributed by atoms with Crippen molar-refractivity contribution < 1.29 is 9.59 Å². The molecule has 1 N–H and O–H groups in total. The van der Waals surface area contributed by atoms with Gasteiger partial charge in [-0.25, -0.2) is 4.98 Å². The van der Waals surface area contributed by atoms with Crippen LogP contribution < -0.4 is 5.32 Å². The molecular formula is C14H23N5O2. The Morgan fingerprint density at radius 2 is 2.00 bits per heavy atom. The lowest BCUT2D eigenvalue weighted by Crippen LogP contribution is -2.66. The van der Waals surface area contributed by atoms with E-state index in [1.54, 1.807) is 16.6 Å². The van der Waals surface area contributed by atoms with Crippen molar-refractivity contribution in [3.8, 4) is 0 Å². The van der Waals surface area contributed by atoms with E-state index in [-0.39, 0.29) is 17.2 Å². The number of carbonyl (C=O) groups is 2. The summed E-state index contributed by atoms with van der Waals surface area (Å²) in [7, 11) is 1.78. The molecule has 1 fully saturated rings. The zero-order valence-electron chi connectivity index (χ0n) is 13.3. The minimum absolute atomic E-state index is 0.0555. The van der Waals surface area contributed by atoms with Crippen LogP contribution in [0.25, 0.3) is 0 Å². The molecule has 1 saturated heterocycles. The molecule has 2 unspecified atom stereocenters. The van der Waals surface area contributed by atoms with Gasteiger partial charge in [-0.1, -0.05) is 27.7 Å². The Kier molecular flexibility index (Phi) is 4.02. The van der Waals surface area contributed by atoms with Crippen LogP contribution in [0.4, 0.5) is 0 Å². The van der Waals surface area contributed by atoms with Crippen molar-refractivity contribution in [2.75, 3.05) is 0 Å². The maximum absolute atomic E-state index is 12.7. The Bertz CT molecular complexity index is 546. The maximum Gasteiger partial charge on any atom is 0.246 e. The first-order chi connectivity index (χ1) is 9.75. The molecule has 2 amide bonds. The fourth-order valence-corrected chi connectivity index (χ4v) is 2.70. The summed E-state index contributed by atoms with van der Waals surface area (Å²) >= 11 is 0. The van der Waals surface area contributed by atoms with Gasteiger partial charge in [-0.05, 0) is 11.8 Å². The highest BCUT2D eigenvalue weighted by Crippen LogP contribution is 2.29. The van der Waals surface area contributed by atoms with E-state index in [1.165, 1.54) is 6.33 Å². The molecule has 0 spiro atoms. The monoisotopic (exact) mass is 293 g/mol. The van der Waals surface area contributed by atoms with Gasteiger partial charge < -0.3 is 10.2 Å². The summed E-state index contributed by atoms with van der Waals surface area (Å²) in [5.74, 6) is 0.512. The predicted octanol–water partition coefficient (Wildman–Crippen LogP) is 0.467. The van der Waals surface area contributed by atoms with Crippen molar-refractivity contribution in [3.05, 3.63) is 12.2 Å². The Labute approximate surface area is 124 Å². The molecule has 0 aliphatic carbocycles. The van der Waals surface area contributed by atoms with Gasteiger partial charge in [-0.3, -0.25) is 14.3 Å². The van der Waals surface area contributed by atoms with Gasteiger partial charge in [-0.2, -0.15) is 5.10 Å². The average molecular weight is 293 g/mol. The van der Waals surface area contributed by atoms with Crippen LogP contribution in [-0.2, 0) is 23.2 Å². The number of aromatic nitrogens is 3. The number of nitrogens with zero attached hydrogens (tertiary/aromatic N) is 4. The number of rotatable bonds is 3. The van der Waals surface area contributed by atoms with Crippen molar-refractivity contribution in [2.45, 2.75) is 52.7 Å². The maximum atomic E-state index is 12.7. The smallest absolute Gasteiger partial charge is 0.246 e. The second-order valence-electron chi connectivity index (χ2n) is 6.50. The number of hydrogen-bond acceptors (Lipinski definition) is 4. The number of hydrogen-bond donors (Lipinski definition) is 1. The largest absolute Gasteiger partial charge is 0.342 e. The molecule has 2 heterocycles. The van der Waals surface area contributed by atoms with Crippen LogP contribution in [-0.4, -0.2) is 43.6 Å². The molecule has 2 atom stereocenters. The number of nitrogens with one attached hydrogen (secondary N) is 1. The zero-order valence-corrected chi connectivity index (χ0v) is 13.3. The zero-order chi connectivity index (χ0) is 15.8. The summed E-state index contributed by atoms with van der Waals surface area (Å²) in [4.78, 5) is 30.9. The highest BCUT2D eigenvalue weighted by Gasteiger charge is 2.45. The van der Waals surface area contributed by atoms with E-state index in [2.05, 4.69) is 15.4 Å². The Hall–Kier alpha value is -1.92. The van der Waals surface area contributed by atoms with E-state index in [0.29, 0.717) is 18.8 Å². The molecule has 116 valence electrons. The summed E-state index contributed by atoms with van der Waals surface area (Å²) in [6, 6.07) is -0.964. The summed E-state index contributed by atoms with van der Waals surface area (Å²) in [6.07, 6.45) is 2.03. The third-order valence-corrected chi connectivity index (χ3v) is 3.80. The van der Waals surface area contributed by atoms with Crippen LogP contribution in [0.5, 0.6) is 0 Å². The Balaban J connectivity index is 2.36. The molecule has 0 bridgehead atoms. The lowest BCUT2D eigenvalue weighted by Gasteiger charge is -2.44. The van der Waals surface area contributed by atoms with Gasteiger partial charge in [0.15, 0.2) is 0 Å². The van der Waals surface area contributed by atoms with E-state index in [0.717, 1.165) is 0 Å². The Morgan fingerprint density at radius 3 is 2.48 bits per heavy atom. The third kappa shape index (κ3) is 2.91. The van der Waals surface area contributed by atoms with Crippen LogP contribution in [0.1, 0.15) is 39.9 Å². The fraction of sp³-hybridized carbons (Fsp3) is 0.714. The Morgan fingerprint density at radius 1 is 1.33 bits per heavy atom. The second-order valence-corrected chi connectivity index (χ2v) is 6.50. The molecule has 2 rings (SSSR count). The standard InChI is InChI=1S/C14H23N5O2/c1-6-9-13(21)19(7-10-15-8-16-18(10)5)11(12(20)17-9)14(2,3)4/h8-9,11H,6-7H2,1-5H3,(H,17,20).